The molecular formula is C9H10N4. The van der Waals surface area contributed by atoms with Crippen molar-refractivity contribution in [2.75, 3.05) is 12.0 Å². The number of pyridine rings is 1. The standard InChI is InChI=1S/C9H10N4/c1-2-4-11-9(3-1)12-13-7-5-10-6-8-13/h1-7H,8H2,(H,11,12). The van der Waals surface area contributed by atoms with Crippen LogP contribution in [0.2, 0.25) is 0 Å². The zero-order valence-electron chi connectivity index (χ0n) is 7.09. The van der Waals surface area contributed by atoms with E-state index in [0.29, 0.717) is 0 Å². The van der Waals surface area contributed by atoms with Crippen molar-refractivity contribution in [3.8, 4) is 0 Å². The predicted molar refractivity (Wildman–Crippen MR) is 52.2 cm³/mol. The minimum atomic E-state index is 0.757. The largest absolute Gasteiger partial charge is 0.287 e. The van der Waals surface area contributed by atoms with Gasteiger partial charge in [0.1, 0.15) is 5.82 Å². The number of hydrogen-bond donors (Lipinski definition) is 1. The Morgan fingerprint density at radius 1 is 1.38 bits per heavy atom. The lowest BCUT2D eigenvalue weighted by Gasteiger charge is -2.20. The van der Waals surface area contributed by atoms with Crippen LogP contribution in [0.4, 0.5) is 5.82 Å². The summed E-state index contributed by atoms with van der Waals surface area (Å²) in [7, 11) is 0. The highest BCUT2D eigenvalue weighted by Crippen LogP contribution is 2.03. The molecule has 0 aromatic carbocycles. The summed E-state index contributed by atoms with van der Waals surface area (Å²) >= 11 is 0. The van der Waals surface area contributed by atoms with Gasteiger partial charge in [0, 0.05) is 24.8 Å². The molecule has 1 aliphatic heterocycles. The highest BCUT2D eigenvalue weighted by Gasteiger charge is 1.99. The Morgan fingerprint density at radius 2 is 2.38 bits per heavy atom. The summed E-state index contributed by atoms with van der Waals surface area (Å²) in [4.78, 5) is 8.10. The topological polar surface area (TPSA) is 40.5 Å². The molecule has 0 aliphatic carbocycles. The molecule has 66 valence electrons. The first-order valence-corrected chi connectivity index (χ1v) is 4.08. The first kappa shape index (κ1) is 7.79. The van der Waals surface area contributed by atoms with E-state index in [4.69, 9.17) is 0 Å². The molecule has 0 unspecified atom stereocenters. The average Bonchev–Trinajstić information content (AvgIpc) is 2.21. The van der Waals surface area contributed by atoms with Gasteiger partial charge in [-0.3, -0.25) is 15.4 Å². The zero-order chi connectivity index (χ0) is 8.93. The summed E-state index contributed by atoms with van der Waals surface area (Å²) in [6, 6.07) is 5.75. The highest BCUT2D eigenvalue weighted by molar-refractivity contribution is 5.62. The lowest BCUT2D eigenvalue weighted by molar-refractivity contribution is 0.508. The number of aliphatic imine (C=N–C) groups is 1. The minimum absolute atomic E-state index is 0.757. The number of hydrazine groups is 1. The molecule has 0 saturated heterocycles. The quantitative estimate of drug-likeness (QED) is 0.734. The first-order valence-electron chi connectivity index (χ1n) is 4.08. The molecule has 0 bridgehead atoms. The van der Waals surface area contributed by atoms with Crippen molar-refractivity contribution in [3.05, 3.63) is 36.8 Å². The smallest absolute Gasteiger partial charge is 0.144 e. The lowest BCUT2D eigenvalue weighted by Crippen LogP contribution is -2.27. The van der Waals surface area contributed by atoms with Crippen LogP contribution in [0.15, 0.2) is 41.8 Å². The second kappa shape index (κ2) is 3.71. The molecule has 4 nitrogen and oxygen atoms in total. The third-order valence-electron chi connectivity index (χ3n) is 1.64. The Bertz CT molecular complexity index is 318. The number of nitrogens with one attached hydrogen (secondary N) is 1. The fraction of sp³-hybridized carbons (Fsp3) is 0.111. The molecule has 13 heavy (non-hydrogen) atoms. The van der Waals surface area contributed by atoms with Crippen molar-refractivity contribution < 1.29 is 0 Å². The van der Waals surface area contributed by atoms with Crippen molar-refractivity contribution in [2.24, 2.45) is 4.99 Å². The molecule has 0 spiro atoms. The molecule has 0 saturated carbocycles. The highest BCUT2D eigenvalue weighted by atomic mass is 15.5. The Labute approximate surface area is 76.6 Å². The van der Waals surface area contributed by atoms with Crippen molar-refractivity contribution in [1.29, 1.82) is 0 Å². The van der Waals surface area contributed by atoms with Crippen LogP contribution in [-0.4, -0.2) is 22.8 Å². The summed E-state index contributed by atoms with van der Waals surface area (Å²) in [5.41, 5.74) is 3.12. The van der Waals surface area contributed by atoms with Gasteiger partial charge in [-0.2, -0.15) is 0 Å². The second-order valence-corrected chi connectivity index (χ2v) is 2.61. The van der Waals surface area contributed by atoms with Crippen LogP contribution in [0.5, 0.6) is 0 Å². The Morgan fingerprint density at radius 3 is 3.08 bits per heavy atom. The van der Waals surface area contributed by atoms with Crippen LogP contribution in [0.25, 0.3) is 0 Å². The Balaban J connectivity index is 1.99. The maximum atomic E-state index is 4.14. The van der Waals surface area contributed by atoms with Gasteiger partial charge in [0.15, 0.2) is 0 Å². The molecule has 0 atom stereocenters. The minimum Gasteiger partial charge on any atom is -0.287 e. The number of anilines is 1. The lowest BCUT2D eigenvalue weighted by atomic mass is 10.5. The molecule has 2 heterocycles. The fourth-order valence-electron chi connectivity index (χ4n) is 1.03. The molecule has 4 heteroatoms. The van der Waals surface area contributed by atoms with Crippen LogP contribution < -0.4 is 5.43 Å². The Hall–Kier alpha value is -1.84. The fourth-order valence-corrected chi connectivity index (χ4v) is 1.03. The predicted octanol–water partition coefficient (Wildman–Crippen LogP) is 1.27. The number of aromatic nitrogens is 1. The number of hydrogen-bond acceptors (Lipinski definition) is 4. The van der Waals surface area contributed by atoms with Gasteiger partial charge in [-0.05, 0) is 12.1 Å². The van der Waals surface area contributed by atoms with Crippen molar-refractivity contribution in [2.45, 2.75) is 0 Å². The van der Waals surface area contributed by atoms with Crippen molar-refractivity contribution in [3.63, 3.8) is 0 Å². The van der Waals surface area contributed by atoms with Crippen LogP contribution in [0, 0.1) is 0 Å². The van der Waals surface area contributed by atoms with Crippen LogP contribution >= 0.6 is 0 Å². The normalized spacial score (nSPS) is 14.6. The van der Waals surface area contributed by atoms with Crippen LogP contribution in [0.1, 0.15) is 0 Å². The third kappa shape index (κ3) is 2.05. The van der Waals surface area contributed by atoms with Gasteiger partial charge in [0.25, 0.3) is 0 Å². The molecule has 0 fully saturated rings. The first-order chi connectivity index (χ1) is 6.45. The van der Waals surface area contributed by atoms with Gasteiger partial charge in [-0.15, -0.1) is 0 Å². The van der Waals surface area contributed by atoms with Crippen LogP contribution in [-0.2, 0) is 0 Å². The number of rotatable bonds is 2. The van der Waals surface area contributed by atoms with E-state index in [9.17, 15) is 0 Å². The molecule has 1 aromatic heterocycles. The van der Waals surface area contributed by atoms with Gasteiger partial charge >= 0.3 is 0 Å². The third-order valence-corrected chi connectivity index (χ3v) is 1.64. The maximum absolute atomic E-state index is 4.14. The van der Waals surface area contributed by atoms with Crippen molar-refractivity contribution >= 4 is 12.0 Å². The van der Waals surface area contributed by atoms with E-state index in [2.05, 4.69) is 15.4 Å². The number of nitrogens with zero attached hydrogens (tertiary/aromatic N) is 3. The van der Waals surface area contributed by atoms with Gasteiger partial charge in [-0.1, -0.05) is 6.07 Å². The average molecular weight is 174 g/mol. The maximum Gasteiger partial charge on any atom is 0.144 e. The monoisotopic (exact) mass is 174 g/mol. The molecular weight excluding hydrogens is 164 g/mol. The van der Waals surface area contributed by atoms with E-state index >= 15 is 0 Å². The van der Waals surface area contributed by atoms with E-state index in [-0.39, 0.29) is 0 Å². The van der Waals surface area contributed by atoms with E-state index in [1.165, 1.54) is 0 Å². The van der Waals surface area contributed by atoms with Gasteiger partial charge in [-0.25, -0.2) is 4.98 Å². The van der Waals surface area contributed by atoms with Gasteiger partial charge < -0.3 is 0 Å². The molecule has 1 N–H and O–H groups in total. The summed E-state index contributed by atoms with van der Waals surface area (Å²) in [5.74, 6) is 0.836. The van der Waals surface area contributed by atoms with E-state index < -0.39 is 0 Å². The van der Waals surface area contributed by atoms with E-state index in [1.807, 2.05) is 35.6 Å². The Kier molecular flexibility index (Phi) is 2.22. The summed E-state index contributed by atoms with van der Waals surface area (Å²) in [5, 5.41) is 1.91. The van der Waals surface area contributed by atoms with E-state index in [0.717, 1.165) is 12.4 Å². The molecule has 2 rings (SSSR count). The van der Waals surface area contributed by atoms with Gasteiger partial charge in [0.2, 0.25) is 0 Å². The van der Waals surface area contributed by atoms with E-state index in [1.54, 1.807) is 12.4 Å². The molecule has 0 radical (unpaired) electrons. The van der Waals surface area contributed by atoms with Crippen molar-refractivity contribution in [1.82, 2.24) is 9.99 Å². The molecule has 1 aliphatic rings. The second-order valence-electron chi connectivity index (χ2n) is 2.61. The summed E-state index contributed by atoms with van der Waals surface area (Å²) in [6.07, 6.45) is 7.19. The molecule has 1 aromatic rings. The summed E-state index contributed by atoms with van der Waals surface area (Å²) < 4.78 is 0. The zero-order valence-corrected chi connectivity index (χ0v) is 7.09. The SMILES string of the molecule is C1=CN(Nc2ccccn2)CC=N1. The van der Waals surface area contributed by atoms with Gasteiger partial charge in [0.05, 0.1) is 6.54 Å². The van der Waals surface area contributed by atoms with Crippen LogP contribution in [0.3, 0.4) is 0 Å². The molecule has 0 amide bonds. The summed E-state index contributed by atoms with van der Waals surface area (Å²) in [6.45, 7) is 0.757.